The molecule has 2 bridgehead atoms. The van der Waals surface area contributed by atoms with Crippen LogP contribution in [0.2, 0.25) is 0 Å². The summed E-state index contributed by atoms with van der Waals surface area (Å²) in [5.41, 5.74) is 4.14. The number of rotatable bonds is 3. The molecule has 2 heterocycles. The Morgan fingerprint density at radius 2 is 1.96 bits per heavy atom. The lowest BCUT2D eigenvalue weighted by atomic mass is 9.89. The van der Waals surface area contributed by atoms with E-state index in [1.54, 1.807) is 6.07 Å². The Labute approximate surface area is 142 Å². The number of nitrogens with zero attached hydrogens (tertiary/aromatic N) is 1. The first-order chi connectivity index (χ1) is 11.7. The number of aryl methyl sites for hydroxylation is 1. The number of ether oxygens (including phenoxy) is 1. The topological polar surface area (TPSA) is 12.5 Å². The molecule has 0 aromatic heterocycles. The summed E-state index contributed by atoms with van der Waals surface area (Å²) >= 11 is 0. The van der Waals surface area contributed by atoms with E-state index in [0.717, 1.165) is 29.7 Å². The lowest BCUT2D eigenvalue weighted by molar-refractivity contribution is -0.0403. The fourth-order valence-corrected chi connectivity index (χ4v) is 3.78. The van der Waals surface area contributed by atoms with Gasteiger partial charge in [0, 0.05) is 18.2 Å². The van der Waals surface area contributed by atoms with E-state index in [4.69, 9.17) is 4.74 Å². The van der Waals surface area contributed by atoms with Gasteiger partial charge in [0.2, 0.25) is 0 Å². The predicted molar refractivity (Wildman–Crippen MR) is 94.1 cm³/mol. The van der Waals surface area contributed by atoms with Gasteiger partial charge >= 0.3 is 0 Å². The van der Waals surface area contributed by atoms with Crippen LogP contribution in [0, 0.1) is 12.7 Å². The van der Waals surface area contributed by atoms with Crippen LogP contribution in [0.15, 0.2) is 54.6 Å². The van der Waals surface area contributed by atoms with Crippen LogP contribution in [0.1, 0.15) is 23.1 Å². The standard InChI is InChI=1S/C21H22FNO/c1-15-7-8-20(21(22)9-15)17-10-18-13-24-14-19(11-17)23(18)12-16-5-3-2-4-6-16/h2-10,18-19H,11-14H2,1H3. The third-order valence-corrected chi connectivity index (χ3v) is 5.02. The molecule has 3 heteroatoms. The Morgan fingerprint density at radius 1 is 1.12 bits per heavy atom. The summed E-state index contributed by atoms with van der Waals surface area (Å²) in [4.78, 5) is 2.49. The van der Waals surface area contributed by atoms with Crippen LogP contribution in [0.3, 0.4) is 0 Å². The van der Waals surface area contributed by atoms with Crippen LogP contribution in [-0.4, -0.2) is 30.2 Å². The Morgan fingerprint density at radius 3 is 2.71 bits per heavy atom. The van der Waals surface area contributed by atoms with Gasteiger partial charge in [-0.3, -0.25) is 4.90 Å². The van der Waals surface area contributed by atoms with Gasteiger partial charge in [-0.2, -0.15) is 0 Å². The van der Waals surface area contributed by atoms with Crippen molar-refractivity contribution in [2.75, 3.05) is 13.2 Å². The van der Waals surface area contributed by atoms with Gasteiger partial charge in [-0.1, -0.05) is 48.5 Å². The quantitative estimate of drug-likeness (QED) is 0.840. The van der Waals surface area contributed by atoms with Gasteiger partial charge in [-0.25, -0.2) is 4.39 Å². The van der Waals surface area contributed by atoms with Crippen molar-refractivity contribution < 1.29 is 9.13 Å². The molecular weight excluding hydrogens is 301 g/mol. The number of fused-ring (bicyclic) bond motifs is 2. The molecular formula is C21H22FNO. The van der Waals surface area contributed by atoms with E-state index in [1.165, 1.54) is 5.56 Å². The maximum absolute atomic E-state index is 14.4. The Balaban J connectivity index is 1.62. The first-order valence-electron chi connectivity index (χ1n) is 8.55. The van der Waals surface area contributed by atoms with Gasteiger partial charge in [0.15, 0.2) is 0 Å². The molecule has 24 heavy (non-hydrogen) atoms. The van der Waals surface area contributed by atoms with E-state index >= 15 is 0 Å². The summed E-state index contributed by atoms with van der Waals surface area (Å²) in [5.74, 6) is -0.114. The van der Waals surface area contributed by atoms with Crippen molar-refractivity contribution in [3.05, 3.63) is 77.1 Å². The van der Waals surface area contributed by atoms with Crippen LogP contribution >= 0.6 is 0 Å². The molecule has 2 nitrogen and oxygen atoms in total. The van der Waals surface area contributed by atoms with Crippen molar-refractivity contribution in [2.45, 2.75) is 32.0 Å². The molecule has 2 aliphatic heterocycles. The lowest BCUT2D eigenvalue weighted by Crippen LogP contribution is -2.53. The lowest BCUT2D eigenvalue weighted by Gasteiger charge is -2.44. The number of halogens is 1. The van der Waals surface area contributed by atoms with E-state index in [-0.39, 0.29) is 11.9 Å². The predicted octanol–water partition coefficient (Wildman–Crippen LogP) is 4.19. The molecule has 2 atom stereocenters. The average Bonchev–Trinajstić information content (AvgIpc) is 2.56. The second-order valence-electron chi connectivity index (χ2n) is 6.80. The zero-order valence-corrected chi connectivity index (χ0v) is 13.9. The van der Waals surface area contributed by atoms with Crippen LogP contribution < -0.4 is 0 Å². The molecule has 1 saturated heterocycles. The Kier molecular flexibility index (Phi) is 4.21. The van der Waals surface area contributed by atoms with Crippen LogP contribution in [0.25, 0.3) is 5.57 Å². The highest BCUT2D eigenvalue weighted by molar-refractivity contribution is 5.68. The molecule has 2 aliphatic rings. The van der Waals surface area contributed by atoms with E-state index < -0.39 is 0 Å². The molecule has 0 saturated carbocycles. The normalized spacial score (nSPS) is 23.8. The SMILES string of the molecule is Cc1ccc(C2=CC3COCC(C2)N3Cc2ccccc2)c(F)c1. The van der Waals surface area contributed by atoms with E-state index in [9.17, 15) is 4.39 Å². The third kappa shape index (κ3) is 3.02. The fraction of sp³-hybridized carbons (Fsp3) is 0.333. The highest BCUT2D eigenvalue weighted by atomic mass is 19.1. The fourth-order valence-electron chi connectivity index (χ4n) is 3.78. The van der Waals surface area contributed by atoms with E-state index in [1.807, 2.05) is 25.1 Å². The largest absolute Gasteiger partial charge is 0.378 e. The summed E-state index contributed by atoms with van der Waals surface area (Å²) in [6.45, 7) is 4.24. The van der Waals surface area contributed by atoms with Crippen LogP contribution in [0.4, 0.5) is 4.39 Å². The Bertz CT molecular complexity index is 756. The number of morpholine rings is 1. The first kappa shape index (κ1) is 15.6. The molecule has 0 N–H and O–H groups in total. The van der Waals surface area contributed by atoms with Crippen molar-refractivity contribution in [2.24, 2.45) is 0 Å². The molecule has 2 unspecified atom stereocenters. The third-order valence-electron chi connectivity index (χ3n) is 5.02. The zero-order valence-electron chi connectivity index (χ0n) is 13.9. The Hall–Kier alpha value is -1.97. The summed E-state index contributed by atoms with van der Waals surface area (Å²) in [6.07, 6.45) is 3.04. The highest BCUT2D eigenvalue weighted by Gasteiger charge is 2.35. The van der Waals surface area contributed by atoms with Gasteiger partial charge in [0.05, 0.1) is 19.3 Å². The molecule has 0 spiro atoms. The molecule has 2 aromatic rings. The summed E-state index contributed by atoms with van der Waals surface area (Å²) < 4.78 is 20.1. The molecule has 2 aromatic carbocycles. The maximum atomic E-state index is 14.4. The van der Waals surface area contributed by atoms with E-state index in [2.05, 4.69) is 35.2 Å². The van der Waals surface area contributed by atoms with Crippen LogP contribution in [0.5, 0.6) is 0 Å². The summed E-state index contributed by atoms with van der Waals surface area (Å²) in [6, 6.07) is 16.6. The van der Waals surface area contributed by atoms with Crippen molar-refractivity contribution >= 4 is 5.57 Å². The second kappa shape index (κ2) is 6.50. The molecule has 0 radical (unpaired) electrons. The van der Waals surface area contributed by atoms with E-state index in [0.29, 0.717) is 19.3 Å². The average molecular weight is 323 g/mol. The highest BCUT2D eigenvalue weighted by Crippen LogP contribution is 2.34. The first-order valence-corrected chi connectivity index (χ1v) is 8.55. The van der Waals surface area contributed by atoms with Gasteiger partial charge in [0.1, 0.15) is 5.82 Å². The monoisotopic (exact) mass is 323 g/mol. The second-order valence-corrected chi connectivity index (χ2v) is 6.80. The minimum absolute atomic E-state index is 0.114. The maximum Gasteiger partial charge on any atom is 0.130 e. The van der Waals surface area contributed by atoms with Crippen molar-refractivity contribution in [1.82, 2.24) is 4.90 Å². The van der Waals surface area contributed by atoms with Gasteiger partial charge in [0.25, 0.3) is 0 Å². The van der Waals surface area contributed by atoms with Crippen LogP contribution in [-0.2, 0) is 11.3 Å². The molecule has 124 valence electrons. The zero-order chi connectivity index (χ0) is 16.5. The van der Waals surface area contributed by atoms with Gasteiger partial charge < -0.3 is 4.74 Å². The van der Waals surface area contributed by atoms with Crippen molar-refractivity contribution in [3.8, 4) is 0 Å². The number of hydrogen-bond acceptors (Lipinski definition) is 2. The van der Waals surface area contributed by atoms with Gasteiger partial charge in [-0.15, -0.1) is 0 Å². The number of benzene rings is 2. The summed E-state index contributed by atoms with van der Waals surface area (Å²) in [7, 11) is 0. The molecule has 4 rings (SSSR count). The minimum atomic E-state index is -0.114. The summed E-state index contributed by atoms with van der Waals surface area (Å²) in [5, 5.41) is 0. The molecule has 0 aliphatic carbocycles. The minimum Gasteiger partial charge on any atom is -0.378 e. The van der Waals surface area contributed by atoms with Gasteiger partial charge in [-0.05, 0) is 36.1 Å². The molecule has 1 fully saturated rings. The van der Waals surface area contributed by atoms with Crippen molar-refractivity contribution in [3.63, 3.8) is 0 Å². The smallest absolute Gasteiger partial charge is 0.130 e. The molecule has 0 amide bonds. The number of hydrogen-bond donors (Lipinski definition) is 0. The van der Waals surface area contributed by atoms with Crippen molar-refractivity contribution in [1.29, 1.82) is 0 Å².